The monoisotopic (exact) mass is 192 g/mol. The summed E-state index contributed by atoms with van der Waals surface area (Å²) >= 11 is 11.3. The van der Waals surface area contributed by atoms with Crippen molar-refractivity contribution in [3.05, 3.63) is 10.6 Å². The molecule has 0 aromatic rings. The summed E-state index contributed by atoms with van der Waals surface area (Å²) in [5.41, 5.74) is 0.332. The van der Waals surface area contributed by atoms with Crippen LogP contribution >= 0.6 is 23.2 Å². The van der Waals surface area contributed by atoms with Gasteiger partial charge in [-0.1, -0.05) is 43.0 Å². The summed E-state index contributed by atoms with van der Waals surface area (Å²) in [6.45, 7) is 2.21. The van der Waals surface area contributed by atoms with E-state index in [1.165, 1.54) is 25.7 Å². The van der Waals surface area contributed by atoms with Crippen molar-refractivity contribution in [3.63, 3.8) is 0 Å². The highest BCUT2D eigenvalue weighted by Crippen LogP contribution is 2.43. The Balaban J connectivity index is 2.67. The molecule has 0 saturated heterocycles. The summed E-state index contributed by atoms with van der Waals surface area (Å²) < 4.78 is 0.439. The van der Waals surface area contributed by atoms with Crippen molar-refractivity contribution in [1.29, 1.82) is 0 Å². The normalized spacial score (nSPS) is 21.7. The molecule has 0 heterocycles. The van der Waals surface area contributed by atoms with Gasteiger partial charge in [-0.3, -0.25) is 0 Å². The summed E-state index contributed by atoms with van der Waals surface area (Å²) in [5.74, 6) is 0. The van der Waals surface area contributed by atoms with E-state index in [1.807, 2.05) is 6.08 Å². The van der Waals surface area contributed by atoms with E-state index >= 15 is 0 Å². The third kappa shape index (κ3) is 2.38. The lowest BCUT2D eigenvalue weighted by atomic mass is 9.84. The fourth-order valence-corrected chi connectivity index (χ4v) is 2.37. The molecule has 2 heteroatoms. The van der Waals surface area contributed by atoms with Crippen LogP contribution in [0.3, 0.4) is 0 Å². The number of halogens is 2. The molecule has 0 radical (unpaired) electrons. The van der Waals surface area contributed by atoms with Crippen molar-refractivity contribution in [1.82, 2.24) is 0 Å². The maximum Gasteiger partial charge on any atom is 0.103 e. The fourth-order valence-electron chi connectivity index (χ4n) is 1.91. The van der Waals surface area contributed by atoms with E-state index in [-0.39, 0.29) is 0 Å². The summed E-state index contributed by atoms with van der Waals surface area (Å²) in [4.78, 5) is 0. The second-order valence-electron chi connectivity index (χ2n) is 3.36. The molecule has 1 saturated carbocycles. The van der Waals surface area contributed by atoms with Crippen molar-refractivity contribution in [2.75, 3.05) is 0 Å². The maximum absolute atomic E-state index is 5.65. The Morgan fingerprint density at radius 3 is 2.27 bits per heavy atom. The van der Waals surface area contributed by atoms with Crippen molar-refractivity contribution in [2.45, 2.75) is 39.0 Å². The van der Waals surface area contributed by atoms with Crippen LogP contribution in [0.25, 0.3) is 0 Å². The van der Waals surface area contributed by atoms with E-state index in [1.54, 1.807) is 0 Å². The molecule has 1 aliphatic rings. The molecule has 0 aromatic carbocycles. The van der Waals surface area contributed by atoms with Crippen molar-refractivity contribution >= 4 is 23.2 Å². The van der Waals surface area contributed by atoms with E-state index in [9.17, 15) is 0 Å². The van der Waals surface area contributed by atoms with Gasteiger partial charge in [0.2, 0.25) is 0 Å². The molecule has 0 nitrogen and oxygen atoms in total. The Kier molecular flexibility index (Phi) is 3.27. The molecule has 11 heavy (non-hydrogen) atoms. The first-order valence-electron chi connectivity index (χ1n) is 4.22. The quantitative estimate of drug-likeness (QED) is 0.614. The lowest BCUT2D eigenvalue weighted by Crippen LogP contribution is -2.10. The Morgan fingerprint density at radius 2 is 1.91 bits per heavy atom. The van der Waals surface area contributed by atoms with Crippen LogP contribution < -0.4 is 0 Å². The fraction of sp³-hybridized carbons (Fsp3) is 0.778. The highest BCUT2D eigenvalue weighted by molar-refractivity contribution is 6.55. The van der Waals surface area contributed by atoms with Gasteiger partial charge < -0.3 is 0 Å². The van der Waals surface area contributed by atoms with Crippen LogP contribution in [0.15, 0.2) is 10.6 Å². The average molecular weight is 193 g/mol. The smallest absolute Gasteiger partial charge is 0.0712 e. The van der Waals surface area contributed by atoms with E-state index in [4.69, 9.17) is 23.2 Å². The molecular formula is C9H14Cl2. The SMILES string of the molecule is CCC1(C=C(Cl)Cl)CCCC1. The number of rotatable bonds is 2. The zero-order valence-corrected chi connectivity index (χ0v) is 8.38. The summed E-state index contributed by atoms with van der Waals surface area (Å²) in [6.07, 6.45) is 8.36. The number of hydrogen-bond donors (Lipinski definition) is 0. The van der Waals surface area contributed by atoms with Gasteiger partial charge in [0.1, 0.15) is 4.49 Å². The van der Waals surface area contributed by atoms with Crippen LogP contribution in [0.2, 0.25) is 0 Å². The minimum atomic E-state index is 0.332. The Bertz CT molecular complexity index is 151. The minimum Gasteiger partial charge on any atom is -0.0712 e. The van der Waals surface area contributed by atoms with Gasteiger partial charge >= 0.3 is 0 Å². The molecule has 1 aliphatic carbocycles. The largest absolute Gasteiger partial charge is 0.103 e. The van der Waals surface area contributed by atoms with Gasteiger partial charge in [-0.2, -0.15) is 0 Å². The summed E-state index contributed by atoms with van der Waals surface area (Å²) in [7, 11) is 0. The summed E-state index contributed by atoms with van der Waals surface area (Å²) in [6, 6.07) is 0. The van der Waals surface area contributed by atoms with E-state index < -0.39 is 0 Å². The van der Waals surface area contributed by atoms with Gasteiger partial charge in [0, 0.05) is 0 Å². The van der Waals surface area contributed by atoms with Crippen molar-refractivity contribution in [3.8, 4) is 0 Å². The summed E-state index contributed by atoms with van der Waals surface area (Å²) in [5, 5.41) is 0. The lowest BCUT2D eigenvalue weighted by Gasteiger charge is -2.22. The van der Waals surface area contributed by atoms with Crippen LogP contribution in [0, 0.1) is 5.41 Å². The second kappa shape index (κ2) is 3.82. The maximum atomic E-state index is 5.65. The highest BCUT2D eigenvalue weighted by atomic mass is 35.5. The molecule has 1 fully saturated rings. The average Bonchev–Trinajstić information content (AvgIpc) is 2.36. The molecule has 0 unspecified atom stereocenters. The third-order valence-electron chi connectivity index (χ3n) is 2.72. The van der Waals surface area contributed by atoms with Gasteiger partial charge in [-0.25, -0.2) is 0 Å². The first-order chi connectivity index (χ1) is 5.18. The van der Waals surface area contributed by atoms with Gasteiger partial charge in [0.05, 0.1) is 0 Å². The third-order valence-corrected chi connectivity index (χ3v) is 2.94. The van der Waals surface area contributed by atoms with Crippen LogP contribution in [0.5, 0.6) is 0 Å². The zero-order chi connectivity index (χ0) is 8.32. The van der Waals surface area contributed by atoms with Crippen molar-refractivity contribution in [2.24, 2.45) is 5.41 Å². The first-order valence-corrected chi connectivity index (χ1v) is 4.98. The van der Waals surface area contributed by atoms with Crippen LogP contribution in [0.1, 0.15) is 39.0 Å². The zero-order valence-electron chi connectivity index (χ0n) is 6.87. The van der Waals surface area contributed by atoms with Crippen molar-refractivity contribution < 1.29 is 0 Å². The Labute approximate surface area is 78.6 Å². The Hall–Kier alpha value is 0.320. The minimum absolute atomic E-state index is 0.332. The number of allylic oxidation sites excluding steroid dienone is 1. The number of hydrogen-bond acceptors (Lipinski definition) is 0. The molecule has 0 spiro atoms. The van der Waals surface area contributed by atoms with Crippen LogP contribution in [-0.4, -0.2) is 0 Å². The second-order valence-corrected chi connectivity index (χ2v) is 4.36. The predicted octanol–water partition coefficient (Wildman–Crippen LogP) is 4.28. The molecule has 1 rings (SSSR count). The van der Waals surface area contributed by atoms with Gasteiger partial charge in [-0.05, 0) is 30.8 Å². The van der Waals surface area contributed by atoms with E-state index in [0.29, 0.717) is 9.91 Å². The first kappa shape index (κ1) is 9.41. The predicted molar refractivity (Wildman–Crippen MR) is 51.0 cm³/mol. The Morgan fingerprint density at radius 1 is 1.36 bits per heavy atom. The van der Waals surface area contributed by atoms with Gasteiger partial charge in [0.25, 0.3) is 0 Å². The van der Waals surface area contributed by atoms with Crippen LogP contribution in [-0.2, 0) is 0 Å². The standard InChI is InChI=1S/C9H14Cl2/c1-2-9(7-8(10)11)5-3-4-6-9/h7H,2-6H2,1H3. The van der Waals surface area contributed by atoms with E-state index in [0.717, 1.165) is 6.42 Å². The molecule has 0 aromatic heterocycles. The molecule has 0 amide bonds. The van der Waals surface area contributed by atoms with Crippen LogP contribution in [0.4, 0.5) is 0 Å². The van der Waals surface area contributed by atoms with Gasteiger partial charge in [-0.15, -0.1) is 0 Å². The topological polar surface area (TPSA) is 0 Å². The molecule has 0 bridgehead atoms. The molecule has 0 atom stereocenters. The lowest BCUT2D eigenvalue weighted by molar-refractivity contribution is 0.381. The van der Waals surface area contributed by atoms with Gasteiger partial charge in [0.15, 0.2) is 0 Å². The molecule has 64 valence electrons. The van der Waals surface area contributed by atoms with E-state index in [2.05, 4.69) is 6.92 Å². The molecule has 0 N–H and O–H groups in total. The molecular weight excluding hydrogens is 179 g/mol. The molecule has 0 aliphatic heterocycles. The highest BCUT2D eigenvalue weighted by Gasteiger charge is 2.29.